The minimum absolute atomic E-state index is 0.487. The first-order valence-electron chi connectivity index (χ1n) is 11.4. The van der Waals surface area contributed by atoms with Gasteiger partial charge in [-0.2, -0.15) is 0 Å². The predicted octanol–water partition coefficient (Wildman–Crippen LogP) is 4.99. The van der Waals surface area contributed by atoms with Crippen LogP contribution < -0.4 is 0 Å². The molecule has 2 heterocycles. The summed E-state index contributed by atoms with van der Waals surface area (Å²) in [7, 11) is 4.77. The van der Waals surface area contributed by atoms with Gasteiger partial charge in [0.2, 0.25) is 0 Å². The molecule has 2 aliphatic carbocycles. The van der Waals surface area contributed by atoms with Crippen molar-refractivity contribution in [3.63, 3.8) is 0 Å². The molecular formula is C24H44N2. The molecule has 2 saturated carbocycles. The molecule has 4 rings (SSSR count). The van der Waals surface area contributed by atoms with Gasteiger partial charge in [0.25, 0.3) is 0 Å². The number of rotatable bonds is 4. The fourth-order valence-corrected chi connectivity index (χ4v) is 7.56. The molecule has 0 aromatic heterocycles. The largest absolute Gasteiger partial charge is 0.306 e. The van der Waals surface area contributed by atoms with Gasteiger partial charge in [-0.25, -0.2) is 0 Å². The van der Waals surface area contributed by atoms with E-state index in [1.165, 1.54) is 51.9 Å². The molecule has 2 aliphatic heterocycles. The predicted molar refractivity (Wildman–Crippen MR) is 111 cm³/mol. The summed E-state index contributed by atoms with van der Waals surface area (Å²) in [5, 5.41) is 0. The van der Waals surface area contributed by atoms with Gasteiger partial charge in [-0.05, 0) is 98.6 Å². The van der Waals surface area contributed by atoms with Gasteiger partial charge < -0.3 is 9.80 Å². The minimum atomic E-state index is 0.487. The Kier molecular flexibility index (Phi) is 4.60. The zero-order valence-electron chi connectivity index (χ0n) is 18.6. The topological polar surface area (TPSA) is 6.48 Å². The molecule has 6 atom stereocenters. The summed E-state index contributed by atoms with van der Waals surface area (Å²) in [4.78, 5) is 5.35. The SMILES string of the molecule is CC(C)CC1CC12CCN(C)CC2C1CN(C)CC12CC2CC(C)(C)C. The number of likely N-dealkylation sites (tertiary alicyclic amines) is 2. The van der Waals surface area contributed by atoms with Crippen molar-refractivity contribution in [3.05, 3.63) is 0 Å². The molecule has 0 aromatic rings. The zero-order chi connectivity index (χ0) is 18.9. The Morgan fingerprint density at radius 2 is 1.54 bits per heavy atom. The summed E-state index contributed by atoms with van der Waals surface area (Å²) < 4.78 is 0. The maximum absolute atomic E-state index is 2.69. The molecule has 0 bridgehead atoms. The number of piperidine rings is 1. The van der Waals surface area contributed by atoms with Crippen LogP contribution in [0.3, 0.4) is 0 Å². The highest BCUT2D eigenvalue weighted by Gasteiger charge is 2.69. The molecule has 4 aliphatic rings. The van der Waals surface area contributed by atoms with E-state index >= 15 is 0 Å². The lowest BCUT2D eigenvalue weighted by molar-refractivity contribution is 0.0455. The standard InChI is InChI=1S/C24H44N2/c1-17(2)10-18-12-23(18)8-9-25(6)14-20(23)21-15-26(7)16-24(21)13-19(24)11-22(3,4)5/h17-21H,8-16H2,1-7H3. The maximum Gasteiger partial charge on any atom is 0.00411 e. The van der Waals surface area contributed by atoms with Gasteiger partial charge in [-0.1, -0.05) is 34.6 Å². The van der Waals surface area contributed by atoms with Crippen molar-refractivity contribution >= 4 is 0 Å². The Morgan fingerprint density at radius 3 is 2.19 bits per heavy atom. The minimum Gasteiger partial charge on any atom is -0.306 e. The van der Waals surface area contributed by atoms with Crippen LogP contribution in [0.5, 0.6) is 0 Å². The molecular weight excluding hydrogens is 316 g/mol. The van der Waals surface area contributed by atoms with Crippen molar-refractivity contribution in [2.45, 2.75) is 66.7 Å². The molecule has 26 heavy (non-hydrogen) atoms. The molecule has 0 amide bonds. The van der Waals surface area contributed by atoms with Gasteiger partial charge >= 0.3 is 0 Å². The van der Waals surface area contributed by atoms with Gasteiger partial charge in [-0.3, -0.25) is 0 Å². The van der Waals surface area contributed by atoms with Crippen LogP contribution in [0.1, 0.15) is 66.7 Å². The fourth-order valence-electron chi connectivity index (χ4n) is 7.56. The summed E-state index contributed by atoms with van der Waals surface area (Å²) in [5.74, 6) is 4.81. The average Bonchev–Trinajstić information content (AvgIpc) is 3.31. The number of hydrogen-bond acceptors (Lipinski definition) is 2. The van der Waals surface area contributed by atoms with Crippen molar-refractivity contribution < 1.29 is 0 Å². The number of nitrogens with zero attached hydrogens (tertiary/aromatic N) is 2. The van der Waals surface area contributed by atoms with Crippen molar-refractivity contribution in [2.75, 3.05) is 40.3 Å². The summed E-state index contributed by atoms with van der Waals surface area (Å²) in [6.07, 6.45) is 7.45. The molecule has 150 valence electrons. The maximum atomic E-state index is 2.69. The van der Waals surface area contributed by atoms with Crippen LogP contribution in [0.25, 0.3) is 0 Å². The molecule has 2 nitrogen and oxygen atoms in total. The lowest BCUT2D eigenvalue weighted by Crippen LogP contribution is -2.46. The third-order valence-corrected chi connectivity index (χ3v) is 8.68. The van der Waals surface area contributed by atoms with Gasteiger partial charge in [0.15, 0.2) is 0 Å². The molecule has 0 N–H and O–H groups in total. The van der Waals surface area contributed by atoms with E-state index in [-0.39, 0.29) is 0 Å². The first-order chi connectivity index (χ1) is 12.1. The number of hydrogen-bond donors (Lipinski definition) is 0. The first kappa shape index (κ1) is 19.2. The van der Waals surface area contributed by atoms with Crippen LogP contribution in [0.4, 0.5) is 0 Å². The van der Waals surface area contributed by atoms with Crippen LogP contribution in [-0.4, -0.2) is 50.1 Å². The van der Waals surface area contributed by atoms with Crippen molar-refractivity contribution in [1.82, 2.24) is 9.80 Å². The second kappa shape index (κ2) is 6.21. The smallest absolute Gasteiger partial charge is 0.00411 e. The van der Waals surface area contributed by atoms with E-state index in [0.717, 1.165) is 29.6 Å². The monoisotopic (exact) mass is 360 g/mol. The third-order valence-electron chi connectivity index (χ3n) is 8.68. The van der Waals surface area contributed by atoms with E-state index in [0.29, 0.717) is 16.2 Å². The molecule has 4 fully saturated rings. The van der Waals surface area contributed by atoms with E-state index in [9.17, 15) is 0 Å². The van der Waals surface area contributed by atoms with Gasteiger partial charge in [0.05, 0.1) is 0 Å². The summed E-state index contributed by atoms with van der Waals surface area (Å²) in [6.45, 7) is 17.7. The van der Waals surface area contributed by atoms with Gasteiger partial charge in [-0.15, -0.1) is 0 Å². The Morgan fingerprint density at radius 1 is 0.923 bits per heavy atom. The van der Waals surface area contributed by atoms with Crippen LogP contribution >= 0.6 is 0 Å². The second-order valence-electron chi connectivity index (χ2n) is 12.6. The Balaban J connectivity index is 1.55. The van der Waals surface area contributed by atoms with Crippen LogP contribution in [-0.2, 0) is 0 Å². The molecule has 2 spiro atoms. The zero-order valence-corrected chi connectivity index (χ0v) is 18.6. The van der Waals surface area contributed by atoms with Crippen LogP contribution in [0.15, 0.2) is 0 Å². The van der Waals surface area contributed by atoms with E-state index < -0.39 is 0 Å². The van der Waals surface area contributed by atoms with Crippen LogP contribution in [0.2, 0.25) is 0 Å². The van der Waals surface area contributed by atoms with E-state index in [1.54, 1.807) is 6.42 Å². The molecule has 6 unspecified atom stereocenters. The lowest BCUT2D eigenvalue weighted by Gasteiger charge is -2.44. The van der Waals surface area contributed by atoms with E-state index in [1.807, 2.05) is 0 Å². The second-order valence-corrected chi connectivity index (χ2v) is 12.6. The fraction of sp³-hybridized carbons (Fsp3) is 1.00. The van der Waals surface area contributed by atoms with Crippen molar-refractivity contribution in [2.24, 2.45) is 45.8 Å². The first-order valence-corrected chi connectivity index (χ1v) is 11.4. The lowest BCUT2D eigenvalue weighted by atomic mass is 9.67. The summed E-state index contributed by atoms with van der Waals surface area (Å²) in [6, 6.07) is 0. The summed E-state index contributed by atoms with van der Waals surface area (Å²) >= 11 is 0. The molecule has 2 heteroatoms. The van der Waals surface area contributed by atoms with E-state index in [4.69, 9.17) is 0 Å². The van der Waals surface area contributed by atoms with Crippen LogP contribution in [0, 0.1) is 45.8 Å². The highest BCUT2D eigenvalue weighted by Crippen LogP contribution is 2.73. The van der Waals surface area contributed by atoms with Crippen molar-refractivity contribution in [1.29, 1.82) is 0 Å². The average molecular weight is 361 g/mol. The van der Waals surface area contributed by atoms with Crippen molar-refractivity contribution in [3.8, 4) is 0 Å². The summed E-state index contributed by atoms with van der Waals surface area (Å²) in [5.41, 5.74) is 1.87. The van der Waals surface area contributed by atoms with Gasteiger partial charge in [0.1, 0.15) is 0 Å². The quantitative estimate of drug-likeness (QED) is 0.696. The third kappa shape index (κ3) is 3.28. The molecule has 0 radical (unpaired) electrons. The van der Waals surface area contributed by atoms with Gasteiger partial charge in [0, 0.05) is 19.6 Å². The molecule has 0 aromatic carbocycles. The van der Waals surface area contributed by atoms with E-state index in [2.05, 4.69) is 58.5 Å². The Labute approximate surface area is 163 Å². The highest BCUT2D eigenvalue weighted by molar-refractivity contribution is 5.19. The Bertz CT molecular complexity index is 535. The highest BCUT2D eigenvalue weighted by atomic mass is 15.2. The normalized spacial score (nSPS) is 46.6. The Hall–Kier alpha value is -0.0800. The molecule has 2 saturated heterocycles.